The van der Waals surface area contributed by atoms with Gasteiger partial charge in [0.05, 0.1) is 12.0 Å². The summed E-state index contributed by atoms with van der Waals surface area (Å²) >= 11 is 0. The number of para-hydroxylation sites is 1. The first-order valence-electron chi connectivity index (χ1n) is 8.11. The van der Waals surface area contributed by atoms with Crippen molar-refractivity contribution in [3.05, 3.63) is 36.1 Å². The predicted molar refractivity (Wildman–Crippen MR) is 85.6 cm³/mol. The van der Waals surface area contributed by atoms with Crippen molar-refractivity contribution in [2.24, 2.45) is 0 Å². The predicted octanol–water partition coefficient (Wildman–Crippen LogP) is 3.18. The van der Waals surface area contributed by atoms with E-state index in [0.29, 0.717) is 13.0 Å². The lowest BCUT2D eigenvalue weighted by Crippen LogP contribution is -2.38. The summed E-state index contributed by atoms with van der Waals surface area (Å²) in [6, 6.07) is 9.89. The van der Waals surface area contributed by atoms with E-state index in [-0.39, 0.29) is 12.3 Å². The van der Waals surface area contributed by atoms with Crippen LogP contribution in [0.25, 0.3) is 11.0 Å². The Morgan fingerprint density at radius 1 is 1.23 bits per heavy atom. The molecule has 0 spiro atoms. The number of fused-ring (bicyclic) bond motifs is 1. The zero-order valence-corrected chi connectivity index (χ0v) is 12.8. The van der Waals surface area contributed by atoms with Crippen LogP contribution in [0.4, 0.5) is 0 Å². The van der Waals surface area contributed by atoms with Crippen molar-refractivity contribution in [2.75, 3.05) is 6.54 Å². The molecule has 22 heavy (non-hydrogen) atoms. The second kappa shape index (κ2) is 6.53. The molecule has 3 rings (SSSR count). The number of carbonyl (C=O) groups is 1. The highest BCUT2D eigenvalue weighted by atomic mass is 16.3. The van der Waals surface area contributed by atoms with Crippen molar-refractivity contribution in [3.63, 3.8) is 0 Å². The summed E-state index contributed by atoms with van der Waals surface area (Å²) in [5, 5.41) is 14.3. The van der Waals surface area contributed by atoms with E-state index in [1.165, 1.54) is 0 Å². The van der Waals surface area contributed by atoms with E-state index in [4.69, 9.17) is 4.42 Å². The quantitative estimate of drug-likeness (QED) is 0.891. The molecule has 0 radical (unpaired) electrons. The topological polar surface area (TPSA) is 62.5 Å². The smallest absolute Gasteiger partial charge is 0.222 e. The molecule has 2 N–H and O–H groups in total. The average Bonchev–Trinajstić information content (AvgIpc) is 2.90. The van der Waals surface area contributed by atoms with Crippen LogP contribution in [0.3, 0.4) is 0 Å². The van der Waals surface area contributed by atoms with Gasteiger partial charge in [-0.3, -0.25) is 4.79 Å². The van der Waals surface area contributed by atoms with Gasteiger partial charge in [0.2, 0.25) is 5.91 Å². The van der Waals surface area contributed by atoms with E-state index in [1.807, 2.05) is 30.3 Å². The first-order valence-corrected chi connectivity index (χ1v) is 8.11. The lowest BCUT2D eigenvalue weighted by atomic mass is 9.82. The van der Waals surface area contributed by atoms with Crippen molar-refractivity contribution < 1.29 is 14.3 Å². The van der Waals surface area contributed by atoms with Crippen LogP contribution in [0.15, 0.2) is 34.7 Å². The molecule has 0 atom stereocenters. The molecule has 1 fully saturated rings. The maximum absolute atomic E-state index is 12.0. The zero-order valence-electron chi connectivity index (χ0n) is 12.8. The maximum Gasteiger partial charge on any atom is 0.222 e. The van der Waals surface area contributed by atoms with Crippen LogP contribution in [-0.4, -0.2) is 23.2 Å². The Morgan fingerprint density at radius 2 is 2.00 bits per heavy atom. The third kappa shape index (κ3) is 3.69. The number of nitrogens with one attached hydrogen (secondary N) is 1. The van der Waals surface area contributed by atoms with Gasteiger partial charge in [-0.1, -0.05) is 37.5 Å². The van der Waals surface area contributed by atoms with Crippen LogP contribution < -0.4 is 5.32 Å². The van der Waals surface area contributed by atoms with Crippen molar-refractivity contribution >= 4 is 16.9 Å². The molecular weight excluding hydrogens is 278 g/mol. The number of hydrogen-bond donors (Lipinski definition) is 2. The van der Waals surface area contributed by atoms with Crippen molar-refractivity contribution in [3.8, 4) is 0 Å². The minimum Gasteiger partial charge on any atom is -0.461 e. The monoisotopic (exact) mass is 301 g/mol. The van der Waals surface area contributed by atoms with E-state index >= 15 is 0 Å². The van der Waals surface area contributed by atoms with Gasteiger partial charge in [-0.2, -0.15) is 0 Å². The van der Waals surface area contributed by atoms with Crippen molar-refractivity contribution in [2.45, 2.75) is 50.5 Å². The molecule has 0 aliphatic heterocycles. The van der Waals surface area contributed by atoms with Gasteiger partial charge < -0.3 is 14.8 Å². The summed E-state index contributed by atoms with van der Waals surface area (Å²) in [7, 11) is 0. The van der Waals surface area contributed by atoms with Crippen LogP contribution in [0.2, 0.25) is 0 Å². The molecular formula is C18H23NO3. The molecule has 1 aromatic heterocycles. The van der Waals surface area contributed by atoms with Crippen LogP contribution >= 0.6 is 0 Å². The Kier molecular flexibility index (Phi) is 4.48. The number of carbonyl (C=O) groups excluding carboxylic acids is 1. The van der Waals surface area contributed by atoms with Crippen LogP contribution in [0, 0.1) is 0 Å². The van der Waals surface area contributed by atoms with Crippen LogP contribution in [0.5, 0.6) is 0 Å². The third-order valence-electron chi connectivity index (χ3n) is 4.44. The summed E-state index contributed by atoms with van der Waals surface area (Å²) in [4.78, 5) is 12.0. The SMILES string of the molecule is O=C(CC1(O)CCCCC1)NCCc1cc2ccccc2o1. The summed E-state index contributed by atoms with van der Waals surface area (Å²) in [5.74, 6) is 0.804. The van der Waals surface area contributed by atoms with E-state index in [2.05, 4.69) is 5.32 Å². The fraction of sp³-hybridized carbons (Fsp3) is 0.500. The van der Waals surface area contributed by atoms with Gasteiger partial charge in [-0.05, 0) is 25.0 Å². The number of benzene rings is 1. The molecule has 0 unspecified atom stereocenters. The molecule has 1 amide bonds. The Morgan fingerprint density at radius 3 is 2.77 bits per heavy atom. The van der Waals surface area contributed by atoms with E-state index in [9.17, 15) is 9.90 Å². The molecule has 2 aromatic rings. The normalized spacial score (nSPS) is 17.5. The van der Waals surface area contributed by atoms with E-state index in [1.54, 1.807) is 0 Å². The zero-order chi connectivity index (χ0) is 15.4. The fourth-order valence-corrected chi connectivity index (χ4v) is 3.23. The highest BCUT2D eigenvalue weighted by Crippen LogP contribution is 2.30. The van der Waals surface area contributed by atoms with Gasteiger partial charge >= 0.3 is 0 Å². The molecule has 118 valence electrons. The lowest BCUT2D eigenvalue weighted by molar-refractivity contribution is -0.127. The standard InChI is InChI=1S/C18H23NO3/c20-17(13-18(21)9-4-1-5-10-18)19-11-8-15-12-14-6-2-3-7-16(14)22-15/h2-3,6-7,12,21H,1,4-5,8-11,13H2,(H,19,20). The molecule has 0 saturated heterocycles. The first-order chi connectivity index (χ1) is 10.6. The lowest BCUT2D eigenvalue weighted by Gasteiger charge is -2.31. The minimum absolute atomic E-state index is 0.0690. The second-order valence-corrected chi connectivity index (χ2v) is 6.31. The summed E-state index contributed by atoms with van der Waals surface area (Å²) in [5.41, 5.74) is 0.0853. The van der Waals surface area contributed by atoms with Crippen LogP contribution in [-0.2, 0) is 11.2 Å². The van der Waals surface area contributed by atoms with Gasteiger partial charge in [0.15, 0.2) is 0 Å². The number of furan rings is 1. The van der Waals surface area contributed by atoms with E-state index < -0.39 is 5.60 Å². The highest BCUT2D eigenvalue weighted by molar-refractivity contribution is 5.78. The number of rotatable bonds is 5. The third-order valence-corrected chi connectivity index (χ3v) is 4.44. The number of hydrogen-bond acceptors (Lipinski definition) is 3. The molecule has 4 nitrogen and oxygen atoms in total. The average molecular weight is 301 g/mol. The highest BCUT2D eigenvalue weighted by Gasteiger charge is 2.31. The van der Waals surface area contributed by atoms with Gasteiger partial charge in [0, 0.05) is 18.4 Å². The molecule has 0 bridgehead atoms. The summed E-state index contributed by atoms with van der Waals surface area (Å²) < 4.78 is 5.72. The second-order valence-electron chi connectivity index (χ2n) is 6.31. The molecule has 1 aromatic carbocycles. The van der Waals surface area contributed by atoms with Gasteiger partial charge in [-0.15, -0.1) is 0 Å². The Hall–Kier alpha value is -1.81. The fourth-order valence-electron chi connectivity index (χ4n) is 3.23. The molecule has 1 saturated carbocycles. The number of aliphatic hydroxyl groups is 1. The van der Waals surface area contributed by atoms with Crippen LogP contribution in [0.1, 0.15) is 44.3 Å². The van der Waals surface area contributed by atoms with Gasteiger partial charge in [0.1, 0.15) is 11.3 Å². The molecule has 1 heterocycles. The molecule has 1 aliphatic rings. The number of amides is 1. The molecule has 4 heteroatoms. The van der Waals surface area contributed by atoms with Crippen molar-refractivity contribution in [1.29, 1.82) is 0 Å². The Bertz CT molecular complexity index is 608. The Balaban J connectivity index is 1.47. The maximum atomic E-state index is 12.0. The summed E-state index contributed by atoms with van der Waals surface area (Å²) in [6.45, 7) is 0.536. The largest absolute Gasteiger partial charge is 0.461 e. The first kappa shape index (κ1) is 15.1. The molecule has 1 aliphatic carbocycles. The minimum atomic E-state index is -0.790. The Labute approximate surface area is 130 Å². The summed E-state index contributed by atoms with van der Waals surface area (Å²) in [6.07, 6.45) is 5.56. The van der Waals surface area contributed by atoms with E-state index in [0.717, 1.165) is 48.8 Å². The van der Waals surface area contributed by atoms with Crippen molar-refractivity contribution in [1.82, 2.24) is 5.32 Å². The van der Waals surface area contributed by atoms with Gasteiger partial charge in [0.25, 0.3) is 0 Å². The van der Waals surface area contributed by atoms with Gasteiger partial charge in [-0.25, -0.2) is 0 Å².